The van der Waals surface area contributed by atoms with Crippen LogP contribution in [0.5, 0.6) is 0 Å². The molecule has 0 bridgehead atoms. The summed E-state index contributed by atoms with van der Waals surface area (Å²) < 4.78 is 0. The van der Waals surface area contributed by atoms with Gasteiger partial charge in [0.1, 0.15) is 5.70 Å². The van der Waals surface area contributed by atoms with Crippen molar-refractivity contribution in [3.05, 3.63) is 71.4 Å². The van der Waals surface area contributed by atoms with Crippen LogP contribution in [0.4, 0.5) is 11.4 Å². The summed E-state index contributed by atoms with van der Waals surface area (Å²) in [4.78, 5) is 37.2. The van der Waals surface area contributed by atoms with Gasteiger partial charge in [0.05, 0.1) is 13.2 Å². The highest BCUT2D eigenvalue weighted by Crippen LogP contribution is 2.19. The Hall–Kier alpha value is -3.45. The van der Waals surface area contributed by atoms with E-state index in [-0.39, 0.29) is 24.8 Å². The Kier molecular flexibility index (Phi) is 5.33. The minimum atomic E-state index is -0.490. The summed E-state index contributed by atoms with van der Waals surface area (Å²) in [5.41, 5.74) is 2.88. The molecule has 0 aliphatic carbocycles. The number of amides is 3. The molecule has 1 aliphatic heterocycles. The maximum absolute atomic E-state index is 12.4. The van der Waals surface area contributed by atoms with Crippen LogP contribution in [0.1, 0.15) is 15.9 Å². The highest BCUT2D eigenvalue weighted by molar-refractivity contribution is 6.17. The number of aryl methyl sites for hydroxylation is 1. The summed E-state index contributed by atoms with van der Waals surface area (Å²) in [6.07, 6.45) is 1.19. The third kappa shape index (κ3) is 4.04. The van der Waals surface area contributed by atoms with Crippen LogP contribution in [0.25, 0.3) is 0 Å². The molecule has 2 aromatic carbocycles. The van der Waals surface area contributed by atoms with E-state index in [1.54, 1.807) is 24.3 Å². The van der Waals surface area contributed by atoms with Gasteiger partial charge in [-0.3, -0.25) is 19.3 Å². The van der Waals surface area contributed by atoms with E-state index in [9.17, 15) is 14.4 Å². The van der Waals surface area contributed by atoms with Crippen molar-refractivity contribution >= 4 is 29.1 Å². The van der Waals surface area contributed by atoms with Crippen LogP contribution in [-0.4, -0.2) is 40.9 Å². The summed E-state index contributed by atoms with van der Waals surface area (Å²) in [7, 11) is 0. The molecule has 2 aromatic rings. The maximum atomic E-state index is 12.4. The summed E-state index contributed by atoms with van der Waals surface area (Å²) >= 11 is 0. The van der Waals surface area contributed by atoms with Crippen molar-refractivity contribution < 1.29 is 19.5 Å². The fraction of sp³-hybridized carbons (Fsp3) is 0.150. The molecule has 3 amide bonds. The lowest BCUT2D eigenvalue weighted by molar-refractivity contribution is -0.137. The molecule has 0 spiro atoms. The molecular weight excluding hydrogens is 346 g/mol. The van der Waals surface area contributed by atoms with Crippen molar-refractivity contribution in [1.29, 1.82) is 0 Å². The van der Waals surface area contributed by atoms with Gasteiger partial charge in [-0.05, 0) is 42.8 Å². The standard InChI is InChI=1S/C20H19N3O4/c1-13-4-2-3-5-16(13)22-19(26)14-6-8-15(9-7-14)21-17-12-18(25)23(10-11-24)20(17)27/h2-9,12,21,24H,10-11H2,1H3,(H,22,26). The van der Waals surface area contributed by atoms with E-state index in [0.717, 1.165) is 16.2 Å². The summed E-state index contributed by atoms with van der Waals surface area (Å²) in [6, 6.07) is 14.1. The number of aliphatic hydroxyl groups excluding tert-OH is 1. The molecule has 0 saturated heterocycles. The zero-order valence-corrected chi connectivity index (χ0v) is 14.7. The lowest BCUT2D eigenvalue weighted by atomic mass is 10.1. The molecular formula is C20H19N3O4. The van der Waals surface area contributed by atoms with Crippen molar-refractivity contribution in [3.8, 4) is 0 Å². The fourth-order valence-electron chi connectivity index (χ4n) is 2.68. The highest BCUT2D eigenvalue weighted by atomic mass is 16.3. The number of aliphatic hydroxyl groups is 1. The van der Waals surface area contributed by atoms with E-state index in [0.29, 0.717) is 11.3 Å². The monoisotopic (exact) mass is 365 g/mol. The second-order valence-corrected chi connectivity index (χ2v) is 6.05. The van der Waals surface area contributed by atoms with Crippen LogP contribution in [0, 0.1) is 6.92 Å². The Morgan fingerprint density at radius 1 is 1.07 bits per heavy atom. The van der Waals surface area contributed by atoms with E-state index >= 15 is 0 Å². The highest BCUT2D eigenvalue weighted by Gasteiger charge is 2.30. The SMILES string of the molecule is Cc1ccccc1NC(=O)c1ccc(NC2=CC(=O)N(CCO)C2=O)cc1. The first-order chi connectivity index (χ1) is 13.0. The van der Waals surface area contributed by atoms with Crippen LogP contribution >= 0.6 is 0 Å². The van der Waals surface area contributed by atoms with Gasteiger partial charge in [0.15, 0.2) is 0 Å². The number of rotatable bonds is 6. The lowest BCUT2D eigenvalue weighted by Gasteiger charge is -2.13. The first-order valence-corrected chi connectivity index (χ1v) is 8.42. The number of anilines is 2. The Morgan fingerprint density at radius 3 is 2.44 bits per heavy atom. The number of nitrogens with zero attached hydrogens (tertiary/aromatic N) is 1. The van der Waals surface area contributed by atoms with Crippen molar-refractivity contribution in [1.82, 2.24) is 4.90 Å². The number of carbonyl (C=O) groups is 3. The number of hydrogen-bond acceptors (Lipinski definition) is 5. The zero-order chi connectivity index (χ0) is 19.4. The fourth-order valence-corrected chi connectivity index (χ4v) is 2.68. The van der Waals surface area contributed by atoms with Crippen molar-refractivity contribution in [3.63, 3.8) is 0 Å². The van der Waals surface area contributed by atoms with E-state index in [1.807, 2.05) is 31.2 Å². The maximum Gasteiger partial charge on any atom is 0.277 e. The van der Waals surface area contributed by atoms with Crippen molar-refractivity contribution in [2.75, 3.05) is 23.8 Å². The lowest BCUT2D eigenvalue weighted by Crippen LogP contribution is -2.34. The number of β-amino-alcohol motifs (C(OH)–C–C–N with tert-alkyl or cyclic N) is 1. The molecule has 0 aromatic heterocycles. The average molecular weight is 365 g/mol. The molecule has 0 unspecified atom stereocenters. The molecule has 0 saturated carbocycles. The Morgan fingerprint density at radius 2 is 1.78 bits per heavy atom. The molecule has 1 heterocycles. The van der Waals surface area contributed by atoms with Crippen molar-refractivity contribution in [2.24, 2.45) is 0 Å². The van der Waals surface area contributed by atoms with Crippen LogP contribution in [0.2, 0.25) is 0 Å². The quantitative estimate of drug-likeness (QED) is 0.679. The smallest absolute Gasteiger partial charge is 0.277 e. The molecule has 1 aliphatic rings. The predicted molar refractivity (Wildman–Crippen MR) is 101 cm³/mol. The van der Waals surface area contributed by atoms with Crippen molar-refractivity contribution in [2.45, 2.75) is 6.92 Å². The van der Waals surface area contributed by atoms with Gasteiger partial charge >= 0.3 is 0 Å². The van der Waals surface area contributed by atoms with Gasteiger partial charge in [-0.15, -0.1) is 0 Å². The topological polar surface area (TPSA) is 98.7 Å². The zero-order valence-electron chi connectivity index (χ0n) is 14.7. The van der Waals surface area contributed by atoms with Crippen LogP contribution in [-0.2, 0) is 9.59 Å². The first-order valence-electron chi connectivity index (χ1n) is 8.42. The molecule has 7 heteroatoms. The van der Waals surface area contributed by atoms with Gasteiger partial charge in [0.25, 0.3) is 17.7 Å². The third-order valence-corrected chi connectivity index (χ3v) is 4.15. The number of carbonyl (C=O) groups excluding carboxylic acids is 3. The second kappa shape index (κ2) is 7.84. The number of hydrogen-bond donors (Lipinski definition) is 3. The van der Waals surface area contributed by atoms with E-state index < -0.39 is 11.8 Å². The number of imide groups is 1. The average Bonchev–Trinajstić information content (AvgIpc) is 2.92. The van der Waals surface area contributed by atoms with Crippen LogP contribution in [0.3, 0.4) is 0 Å². The molecule has 0 fully saturated rings. The first kappa shape index (κ1) is 18.3. The normalized spacial score (nSPS) is 13.6. The molecule has 3 rings (SSSR count). The summed E-state index contributed by atoms with van der Waals surface area (Å²) in [5, 5.41) is 14.6. The second-order valence-electron chi connectivity index (χ2n) is 6.05. The molecule has 138 valence electrons. The largest absolute Gasteiger partial charge is 0.395 e. The van der Waals surface area contributed by atoms with E-state index in [1.165, 1.54) is 6.08 Å². The Labute approximate surface area is 156 Å². The molecule has 0 atom stereocenters. The minimum absolute atomic E-state index is 0.0443. The number of para-hydroxylation sites is 1. The van der Waals surface area contributed by atoms with Gasteiger partial charge in [-0.1, -0.05) is 18.2 Å². The molecule has 3 N–H and O–H groups in total. The predicted octanol–water partition coefficient (Wildman–Crippen LogP) is 1.90. The van der Waals surface area contributed by atoms with Gasteiger partial charge in [-0.25, -0.2) is 0 Å². The molecule has 0 radical (unpaired) electrons. The summed E-state index contributed by atoms with van der Waals surface area (Å²) in [5.74, 6) is -1.20. The third-order valence-electron chi connectivity index (χ3n) is 4.15. The summed E-state index contributed by atoms with van der Waals surface area (Å²) in [6.45, 7) is 1.58. The van der Waals surface area contributed by atoms with Crippen LogP contribution < -0.4 is 10.6 Å². The van der Waals surface area contributed by atoms with Gasteiger partial charge < -0.3 is 15.7 Å². The number of nitrogens with one attached hydrogen (secondary N) is 2. The molecule has 27 heavy (non-hydrogen) atoms. The minimum Gasteiger partial charge on any atom is -0.395 e. The van der Waals surface area contributed by atoms with E-state index in [4.69, 9.17) is 5.11 Å². The Balaban J connectivity index is 1.66. The van der Waals surface area contributed by atoms with Crippen LogP contribution in [0.15, 0.2) is 60.3 Å². The van der Waals surface area contributed by atoms with Gasteiger partial charge in [0.2, 0.25) is 0 Å². The van der Waals surface area contributed by atoms with Gasteiger partial charge in [-0.2, -0.15) is 0 Å². The van der Waals surface area contributed by atoms with Gasteiger partial charge in [0, 0.05) is 23.0 Å². The number of benzene rings is 2. The Bertz CT molecular complexity index is 919. The van der Waals surface area contributed by atoms with E-state index in [2.05, 4.69) is 10.6 Å². The molecule has 7 nitrogen and oxygen atoms in total.